The van der Waals surface area contributed by atoms with Crippen LogP contribution in [0.2, 0.25) is 0 Å². The van der Waals surface area contributed by atoms with Gasteiger partial charge in [-0.1, -0.05) is 35.8 Å². The Hall–Kier alpha value is -2.49. The largest absolute Gasteiger partial charge is 0.354 e. The molecule has 4 rings (SSSR count). The number of nitrogens with one attached hydrogen (secondary N) is 2. The lowest BCUT2D eigenvalue weighted by Crippen LogP contribution is -2.06. The number of rotatable bonds is 0. The van der Waals surface area contributed by atoms with Gasteiger partial charge < -0.3 is 9.97 Å². The van der Waals surface area contributed by atoms with Gasteiger partial charge in [-0.3, -0.25) is 4.79 Å². The first-order valence-electron chi connectivity index (χ1n) is 6.06. The molecule has 19 heavy (non-hydrogen) atoms. The van der Waals surface area contributed by atoms with Gasteiger partial charge in [-0.05, 0) is 12.1 Å². The van der Waals surface area contributed by atoms with Crippen LogP contribution in [0.3, 0.4) is 0 Å². The quantitative estimate of drug-likeness (QED) is 0.456. The molecular weight excluding hydrogens is 235 g/mol. The van der Waals surface area contributed by atoms with Crippen LogP contribution < -0.4 is 11.0 Å². The number of para-hydroxylation sites is 1. The van der Waals surface area contributed by atoms with Crippen molar-refractivity contribution in [2.24, 2.45) is 0 Å². The van der Waals surface area contributed by atoms with Crippen molar-refractivity contribution >= 4 is 46.0 Å². The average Bonchev–Trinajstić information content (AvgIpc) is 2.78. The lowest BCUT2D eigenvalue weighted by molar-refractivity contribution is 1.35. The highest BCUT2D eigenvalue weighted by Gasteiger charge is 2.11. The number of fused-ring (bicyclic) bond motifs is 5. The minimum Gasteiger partial charge on any atom is -0.354 e. The van der Waals surface area contributed by atoms with Crippen molar-refractivity contribution in [2.45, 2.75) is 0 Å². The van der Waals surface area contributed by atoms with E-state index in [1.165, 1.54) is 0 Å². The first kappa shape index (κ1) is 10.4. The van der Waals surface area contributed by atoms with E-state index in [2.05, 4.69) is 9.97 Å². The van der Waals surface area contributed by atoms with Crippen molar-refractivity contribution < 1.29 is 0 Å². The second-order valence-electron chi connectivity index (χ2n) is 4.68. The Labute approximate surface area is 109 Å². The maximum Gasteiger partial charge on any atom is 0.258 e. The summed E-state index contributed by atoms with van der Waals surface area (Å²) in [5.41, 5.74) is 3.18. The Morgan fingerprint density at radius 1 is 0.895 bits per heavy atom. The van der Waals surface area contributed by atoms with Crippen molar-refractivity contribution in [3.05, 3.63) is 52.8 Å². The molecule has 0 bridgehead atoms. The normalized spacial score (nSPS) is 11.6. The van der Waals surface area contributed by atoms with Gasteiger partial charge in [0.25, 0.3) is 5.56 Å². The molecule has 2 aromatic heterocycles. The Morgan fingerprint density at radius 2 is 1.68 bits per heavy atom. The summed E-state index contributed by atoms with van der Waals surface area (Å²) in [6, 6.07) is 13.3. The molecule has 2 radical (unpaired) electrons. The lowest BCUT2D eigenvalue weighted by Gasteiger charge is -1.98. The van der Waals surface area contributed by atoms with Crippen LogP contribution in [0.25, 0.3) is 32.7 Å². The molecule has 0 aliphatic rings. The summed E-state index contributed by atoms with van der Waals surface area (Å²) in [4.78, 5) is 18.5. The first-order chi connectivity index (χ1) is 9.24. The molecule has 4 heteroatoms. The standard InChI is InChI=1S/C15H9BN2O/c16-8-5-6-12-10(7-8)13-14(17-12)9-3-1-2-4-11(9)18-15(13)19/h1-7,17H,(H,18,19). The van der Waals surface area contributed by atoms with Gasteiger partial charge in [0.15, 0.2) is 0 Å². The molecule has 0 saturated carbocycles. The maximum absolute atomic E-state index is 12.3. The van der Waals surface area contributed by atoms with Crippen molar-refractivity contribution in [1.29, 1.82) is 0 Å². The molecule has 2 heterocycles. The Bertz CT molecular complexity index is 997. The van der Waals surface area contributed by atoms with Crippen molar-refractivity contribution in [2.75, 3.05) is 0 Å². The fourth-order valence-corrected chi connectivity index (χ4v) is 2.64. The highest BCUT2D eigenvalue weighted by atomic mass is 16.1. The number of hydrogen-bond donors (Lipinski definition) is 2. The smallest absolute Gasteiger partial charge is 0.258 e. The molecule has 3 nitrogen and oxygen atoms in total. The molecular formula is C15H9BN2O. The minimum atomic E-state index is -0.0921. The van der Waals surface area contributed by atoms with Gasteiger partial charge in [0.2, 0.25) is 0 Å². The van der Waals surface area contributed by atoms with Crippen molar-refractivity contribution in [1.82, 2.24) is 9.97 Å². The fraction of sp³-hybridized carbons (Fsp3) is 0. The molecule has 0 aliphatic heterocycles. The summed E-state index contributed by atoms with van der Waals surface area (Å²) in [5.74, 6) is 0. The van der Waals surface area contributed by atoms with E-state index in [0.29, 0.717) is 10.8 Å². The number of aromatic amines is 2. The van der Waals surface area contributed by atoms with Gasteiger partial charge in [0.1, 0.15) is 7.85 Å². The summed E-state index contributed by atoms with van der Waals surface area (Å²) in [5, 5.41) is 2.54. The third-order valence-electron chi connectivity index (χ3n) is 3.49. The highest BCUT2D eigenvalue weighted by molar-refractivity contribution is 6.34. The van der Waals surface area contributed by atoms with E-state index < -0.39 is 0 Å². The molecule has 2 aromatic carbocycles. The third-order valence-corrected chi connectivity index (χ3v) is 3.49. The predicted octanol–water partition coefficient (Wildman–Crippen LogP) is 1.96. The van der Waals surface area contributed by atoms with E-state index in [4.69, 9.17) is 7.85 Å². The van der Waals surface area contributed by atoms with Gasteiger partial charge in [-0.15, -0.1) is 0 Å². The van der Waals surface area contributed by atoms with Crippen LogP contribution in [0.15, 0.2) is 47.3 Å². The molecule has 0 saturated heterocycles. The fourth-order valence-electron chi connectivity index (χ4n) is 2.64. The van der Waals surface area contributed by atoms with Crippen LogP contribution in [0.5, 0.6) is 0 Å². The number of pyridine rings is 1. The lowest BCUT2D eigenvalue weighted by atomic mass is 9.94. The van der Waals surface area contributed by atoms with Crippen LogP contribution >= 0.6 is 0 Å². The van der Waals surface area contributed by atoms with E-state index in [1.54, 1.807) is 0 Å². The zero-order valence-corrected chi connectivity index (χ0v) is 10.0. The predicted molar refractivity (Wildman–Crippen MR) is 79.3 cm³/mol. The zero-order valence-electron chi connectivity index (χ0n) is 10.0. The molecule has 0 fully saturated rings. The van der Waals surface area contributed by atoms with Crippen LogP contribution in [0.1, 0.15) is 0 Å². The van der Waals surface area contributed by atoms with Crippen LogP contribution in [-0.2, 0) is 0 Å². The molecule has 88 valence electrons. The second-order valence-corrected chi connectivity index (χ2v) is 4.68. The minimum absolute atomic E-state index is 0.0921. The summed E-state index contributed by atoms with van der Waals surface area (Å²) in [6.45, 7) is 0. The molecule has 0 atom stereocenters. The Balaban J connectivity index is 2.38. The van der Waals surface area contributed by atoms with Crippen molar-refractivity contribution in [3.8, 4) is 0 Å². The summed E-state index contributed by atoms with van der Waals surface area (Å²) in [6.07, 6.45) is 0. The van der Waals surface area contributed by atoms with Gasteiger partial charge in [-0.2, -0.15) is 0 Å². The highest BCUT2D eigenvalue weighted by Crippen LogP contribution is 2.26. The molecule has 0 unspecified atom stereocenters. The van der Waals surface area contributed by atoms with Crippen LogP contribution in [0.4, 0.5) is 0 Å². The first-order valence-corrected chi connectivity index (χ1v) is 6.06. The van der Waals surface area contributed by atoms with E-state index in [1.807, 2.05) is 42.5 Å². The summed E-state index contributed by atoms with van der Waals surface area (Å²) >= 11 is 0. The molecule has 2 N–H and O–H groups in total. The molecule has 0 aliphatic carbocycles. The summed E-state index contributed by atoms with van der Waals surface area (Å²) in [7, 11) is 5.81. The topological polar surface area (TPSA) is 48.6 Å². The Kier molecular flexibility index (Phi) is 1.93. The van der Waals surface area contributed by atoms with Crippen molar-refractivity contribution in [3.63, 3.8) is 0 Å². The zero-order chi connectivity index (χ0) is 13.0. The third kappa shape index (κ3) is 1.37. The van der Waals surface area contributed by atoms with Gasteiger partial charge >= 0.3 is 0 Å². The van der Waals surface area contributed by atoms with Gasteiger partial charge in [-0.25, -0.2) is 0 Å². The number of H-pyrrole nitrogens is 2. The van der Waals surface area contributed by atoms with E-state index in [0.717, 1.165) is 27.3 Å². The average molecular weight is 244 g/mol. The van der Waals surface area contributed by atoms with Gasteiger partial charge in [0.05, 0.1) is 16.4 Å². The van der Waals surface area contributed by atoms with Gasteiger partial charge in [0, 0.05) is 16.3 Å². The second kappa shape index (κ2) is 3.51. The SMILES string of the molecule is [B]c1ccc2[nH]c3c4ccccc4[nH]c(=O)c3c2c1. The van der Waals surface area contributed by atoms with E-state index in [-0.39, 0.29) is 5.56 Å². The maximum atomic E-state index is 12.3. The number of benzene rings is 2. The number of hydrogen-bond acceptors (Lipinski definition) is 1. The Morgan fingerprint density at radius 3 is 2.58 bits per heavy atom. The van der Waals surface area contributed by atoms with Crippen LogP contribution in [0, 0.1) is 0 Å². The summed E-state index contributed by atoms with van der Waals surface area (Å²) < 4.78 is 0. The van der Waals surface area contributed by atoms with E-state index >= 15 is 0 Å². The monoisotopic (exact) mass is 244 g/mol. The van der Waals surface area contributed by atoms with E-state index in [9.17, 15) is 4.79 Å². The number of aromatic nitrogens is 2. The molecule has 4 aromatic rings. The molecule has 0 amide bonds. The molecule has 0 spiro atoms. The van der Waals surface area contributed by atoms with Crippen LogP contribution in [-0.4, -0.2) is 17.8 Å².